The van der Waals surface area contributed by atoms with E-state index in [0.717, 1.165) is 4.34 Å². The maximum Gasteiger partial charge on any atom is 0.273 e. The van der Waals surface area contributed by atoms with E-state index in [1.165, 1.54) is 55.3 Å². The highest BCUT2D eigenvalue weighted by atomic mass is 32.2. The molecule has 0 radical (unpaired) electrons. The van der Waals surface area contributed by atoms with Gasteiger partial charge in [-0.25, -0.2) is 9.97 Å². The Labute approximate surface area is 168 Å². The molecule has 28 heavy (non-hydrogen) atoms. The van der Waals surface area contributed by atoms with E-state index in [0.29, 0.717) is 33.3 Å². The predicted molar refractivity (Wildman–Crippen MR) is 108 cm³/mol. The maximum absolute atomic E-state index is 12.6. The molecule has 0 atom stereocenters. The largest absolute Gasteiger partial charge is 0.493 e. The number of nitrogens with one attached hydrogen (secondary N) is 1. The molecule has 1 amide bonds. The Morgan fingerprint density at radius 1 is 1.21 bits per heavy atom. The fourth-order valence-corrected chi connectivity index (χ4v) is 4.00. The van der Waals surface area contributed by atoms with Gasteiger partial charge in [-0.05, 0) is 6.26 Å². The molecule has 0 spiro atoms. The summed E-state index contributed by atoms with van der Waals surface area (Å²) in [7, 11) is 4.47. The van der Waals surface area contributed by atoms with Crippen molar-refractivity contribution in [3.8, 4) is 17.2 Å². The molecule has 1 aromatic carbocycles. The molecule has 0 fully saturated rings. The van der Waals surface area contributed by atoms with Crippen molar-refractivity contribution >= 4 is 45.0 Å². The Morgan fingerprint density at radius 2 is 1.89 bits per heavy atom. The number of anilines is 1. The van der Waals surface area contributed by atoms with Crippen LogP contribution in [0.2, 0.25) is 0 Å². The number of fused-ring (bicyclic) bond motifs is 1. The minimum Gasteiger partial charge on any atom is -0.493 e. The third kappa shape index (κ3) is 3.90. The van der Waals surface area contributed by atoms with Gasteiger partial charge in [-0.3, -0.25) is 14.2 Å². The lowest BCUT2D eigenvalue weighted by Crippen LogP contribution is -2.27. The van der Waals surface area contributed by atoms with Gasteiger partial charge in [0.05, 0.1) is 21.3 Å². The van der Waals surface area contributed by atoms with Crippen LogP contribution in [-0.4, -0.2) is 48.0 Å². The normalized spacial score (nSPS) is 10.7. The van der Waals surface area contributed by atoms with Gasteiger partial charge in [0.25, 0.3) is 5.56 Å². The number of rotatable bonds is 7. The number of carbonyl (C=O) groups is 1. The van der Waals surface area contributed by atoms with E-state index >= 15 is 0 Å². The van der Waals surface area contributed by atoms with Gasteiger partial charge in [-0.2, -0.15) is 0 Å². The van der Waals surface area contributed by atoms with Crippen molar-refractivity contribution in [2.45, 2.75) is 10.9 Å². The van der Waals surface area contributed by atoms with E-state index in [-0.39, 0.29) is 12.1 Å². The maximum atomic E-state index is 12.6. The van der Waals surface area contributed by atoms with Crippen molar-refractivity contribution in [1.29, 1.82) is 0 Å². The summed E-state index contributed by atoms with van der Waals surface area (Å²) in [4.78, 5) is 33.4. The van der Waals surface area contributed by atoms with Gasteiger partial charge in [-0.1, -0.05) is 11.8 Å². The average molecular weight is 422 g/mol. The van der Waals surface area contributed by atoms with Crippen LogP contribution in [0.25, 0.3) is 10.3 Å². The first-order chi connectivity index (χ1) is 13.5. The summed E-state index contributed by atoms with van der Waals surface area (Å²) in [6.45, 7) is -0.190. The molecule has 0 saturated heterocycles. The molecule has 148 valence electrons. The van der Waals surface area contributed by atoms with Crippen LogP contribution in [0.5, 0.6) is 17.2 Å². The average Bonchev–Trinajstić information content (AvgIpc) is 3.13. The van der Waals surface area contributed by atoms with Crippen LogP contribution in [0, 0.1) is 0 Å². The SMILES string of the molecule is COc1cc(NC(=O)Cn2cnc3nc(SC)sc3c2=O)cc(OC)c1OC. The lowest BCUT2D eigenvalue weighted by molar-refractivity contribution is -0.116. The van der Waals surface area contributed by atoms with Crippen LogP contribution in [0.15, 0.2) is 27.6 Å². The van der Waals surface area contributed by atoms with E-state index in [4.69, 9.17) is 14.2 Å². The number of aromatic nitrogens is 3. The number of nitrogens with zero attached hydrogens (tertiary/aromatic N) is 3. The van der Waals surface area contributed by atoms with Crippen molar-refractivity contribution in [2.24, 2.45) is 0 Å². The molecular formula is C17H18N4O5S2. The van der Waals surface area contributed by atoms with Crippen LogP contribution in [0.1, 0.15) is 0 Å². The second-order valence-corrected chi connectivity index (χ2v) is 7.53. The van der Waals surface area contributed by atoms with Crippen molar-refractivity contribution in [2.75, 3.05) is 32.9 Å². The van der Waals surface area contributed by atoms with Gasteiger partial charge in [0, 0.05) is 17.8 Å². The smallest absolute Gasteiger partial charge is 0.273 e. The highest BCUT2D eigenvalue weighted by Crippen LogP contribution is 2.39. The third-order valence-corrected chi connectivity index (χ3v) is 5.82. The monoisotopic (exact) mass is 422 g/mol. The van der Waals surface area contributed by atoms with Gasteiger partial charge in [0.1, 0.15) is 17.6 Å². The molecular weight excluding hydrogens is 404 g/mol. The first-order valence-corrected chi connectivity index (χ1v) is 10.0. The zero-order valence-electron chi connectivity index (χ0n) is 15.6. The number of amides is 1. The molecule has 0 aliphatic rings. The van der Waals surface area contributed by atoms with Gasteiger partial charge < -0.3 is 19.5 Å². The van der Waals surface area contributed by atoms with Crippen LogP contribution in [0.3, 0.4) is 0 Å². The Hall–Kier alpha value is -2.79. The highest BCUT2D eigenvalue weighted by molar-refractivity contribution is 8.00. The summed E-state index contributed by atoms with van der Waals surface area (Å²) in [5.41, 5.74) is 0.535. The topological polar surface area (TPSA) is 105 Å². The van der Waals surface area contributed by atoms with E-state index in [1.54, 1.807) is 12.1 Å². The number of benzene rings is 1. The lowest BCUT2D eigenvalue weighted by Gasteiger charge is -2.14. The standard InChI is InChI=1S/C17H18N4O5S2/c1-24-10-5-9(6-11(25-2)13(10)26-3)19-12(22)7-21-8-18-15-14(16(21)23)28-17(20-15)27-4/h5-6,8H,7H2,1-4H3,(H,19,22). The molecule has 2 heterocycles. The second-order valence-electron chi connectivity index (χ2n) is 5.48. The fourth-order valence-electron chi connectivity index (χ4n) is 2.54. The van der Waals surface area contributed by atoms with Crippen LogP contribution in [0.4, 0.5) is 5.69 Å². The zero-order chi connectivity index (χ0) is 20.3. The number of hydrogen-bond acceptors (Lipinski definition) is 9. The van der Waals surface area contributed by atoms with E-state index in [9.17, 15) is 9.59 Å². The van der Waals surface area contributed by atoms with Crippen molar-refractivity contribution in [3.05, 3.63) is 28.8 Å². The van der Waals surface area contributed by atoms with E-state index in [1.807, 2.05) is 6.26 Å². The Balaban J connectivity index is 1.83. The quantitative estimate of drug-likeness (QED) is 0.578. The van der Waals surface area contributed by atoms with Gasteiger partial charge >= 0.3 is 0 Å². The second kappa shape index (κ2) is 8.48. The molecule has 1 N–H and O–H groups in total. The summed E-state index contributed by atoms with van der Waals surface area (Å²) in [6.07, 6.45) is 3.20. The number of carbonyl (C=O) groups excluding carboxylic acids is 1. The van der Waals surface area contributed by atoms with Gasteiger partial charge in [0.15, 0.2) is 21.5 Å². The molecule has 0 aliphatic heterocycles. The summed E-state index contributed by atoms with van der Waals surface area (Å²) in [5.74, 6) is 0.842. The van der Waals surface area contributed by atoms with E-state index in [2.05, 4.69) is 15.3 Å². The van der Waals surface area contributed by atoms with Crippen LogP contribution < -0.4 is 25.1 Å². The number of thiazole rings is 1. The summed E-state index contributed by atoms with van der Waals surface area (Å²) in [5, 5.41) is 2.72. The molecule has 0 unspecified atom stereocenters. The molecule has 3 aromatic rings. The molecule has 9 nitrogen and oxygen atoms in total. The molecule has 0 saturated carbocycles. The van der Waals surface area contributed by atoms with Crippen molar-refractivity contribution < 1.29 is 19.0 Å². The number of thioether (sulfide) groups is 1. The first-order valence-electron chi connectivity index (χ1n) is 8.00. The van der Waals surface area contributed by atoms with Crippen molar-refractivity contribution in [3.63, 3.8) is 0 Å². The molecule has 0 bridgehead atoms. The molecule has 11 heteroatoms. The Morgan fingerprint density at radius 3 is 2.46 bits per heavy atom. The van der Waals surface area contributed by atoms with Gasteiger partial charge in [-0.15, -0.1) is 11.3 Å². The van der Waals surface area contributed by atoms with Crippen LogP contribution >= 0.6 is 23.1 Å². The zero-order valence-corrected chi connectivity index (χ0v) is 17.3. The summed E-state index contributed by atoms with van der Waals surface area (Å²) in [6, 6.07) is 3.22. The number of hydrogen-bond donors (Lipinski definition) is 1. The molecule has 3 rings (SSSR count). The summed E-state index contributed by atoms with van der Waals surface area (Å²) >= 11 is 2.70. The van der Waals surface area contributed by atoms with Gasteiger partial charge in [0.2, 0.25) is 11.7 Å². The number of methoxy groups -OCH3 is 3. The third-order valence-electron chi connectivity index (χ3n) is 3.80. The number of ether oxygens (including phenoxy) is 3. The lowest BCUT2D eigenvalue weighted by atomic mass is 10.2. The fraction of sp³-hybridized carbons (Fsp3) is 0.294. The molecule has 2 aromatic heterocycles. The Bertz CT molecular complexity index is 1050. The summed E-state index contributed by atoms with van der Waals surface area (Å²) < 4.78 is 18.2. The Kier molecular flexibility index (Phi) is 6.05. The highest BCUT2D eigenvalue weighted by Gasteiger charge is 2.16. The molecule has 0 aliphatic carbocycles. The van der Waals surface area contributed by atoms with Crippen LogP contribution in [-0.2, 0) is 11.3 Å². The minimum absolute atomic E-state index is 0.190. The minimum atomic E-state index is -0.396. The predicted octanol–water partition coefficient (Wildman–Crippen LogP) is 2.24. The van der Waals surface area contributed by atoms with E-state index < -0.39 is 5.91 Å². The van der Waals surface area contributed by atoms with Crippen molar-refractivity contribution in [1.82, 2.24) is 14.5 Å². The first kappa shape index (κ1) is 20.0.